The van der Waals surface area contributed by atoms with Gasteiger partial charge >= 0.3 is 6.09 Å². The van der Waals surface area contributed by atoms with Crippen molar-refractivity contribution in [3.63, 3.8) is 0 Å². The molecule has 5 heteroatoms. The molecule has 2 aromatic rings. The van der Waals surface area contributed by atoms with Gasteiger partial charge in [0.1, 0.15) is 0 Å². The molecule has 0 unspecified atom stereocenters. The highest BCUT2D eigenvalue weighted by molar-refractivity contribution is 5.84. The molecular weight excluding hydrogens is 278 g/mol. The zero-order valence-corrected chi connectivity index (χ0v) is 12.0. The minimum Gasteiger partial charge on any atom is -0.450 e. The van der Waals surface area contributed by atoms with Crippen LogP contribution in [0.15, 0.2) is 42.7 Å². The molecule has 0 aliphatic carbocycles. The van der Waals surface area contributed by atoms with Crippen molar-refractivity contribution in [3.8, 4) is 17.9 Å². The van der Waals surface area contributed by atoms with Crippen molar-refractivity contribution in [3.05, 3.63) is 59.4 Å². The SMILES string of the molecule is CCOC(=O)Nc1cncc(C#Cc2cccc(C#N)c2)c1. The second-order valence-corrected chi connectivity index (χ2v) is 4.25. The number of anilines is 1. The van der Waals surface area contributed by atoms with Gasteiger partial charge in [0, 0.05) is 17.3 Å². The number of nitrogens with zero attached hydrogens (tertiary/aromatic N) is 2. The molecular formula is C17H13N3O2. The van der Waals surface area contributed by atoms with Crippen molar-refractivity contribution >= 4 is 11.8 Å². The molecule has 0 atom stereocenters. The Morgan fingerprint density at radius 3 is 2.77 bits per heavy atom. The Kier molecular flexibility index (Phi) is 5.12. The van der Waals surface area contributed by atoms with Crippen LogP contribution in [0.4, 0.5) is 10.5 Å². The number of carbonyl (C=O) groups excluding carboxylic acids is 1. The maximum atomic E-state index is 11.3. The number of aromatic nitrogens is 1. The molecule has 1 aromatic carbocycles. The smallest absolute Gasteiger partial charge is 0.411 e. The van der Waals surface area contributed by atoms with Crippen molar-refractivity contribution in [2.75, 3.05) is 11.9 Å². The lowest BCUT2D eigenvalue weighted by atomic mass is 10.1. The van der Waals surface area contributed by atoms with E-state index in [1.165, 1.54) is 6.20 Å². The van der Waals surface area contributed by atoms with Gasteiger partial charge in [0.15, 0.2) is 0 Å². The fourth-order valence-corrected chi connectivity index (χ4v) is 1.67. The van der Waals surface area contributed by atoms with Crippen LogP contribution >= 0.6 is 0 Å². The van der Waals surface area contributed by atoms with Crippen LogP contribution in [0.5, 0.6) is 0 Å². The lowest BCUT2D eigenvalue weighted by molar-refractivity contribution is 0.168. The molecule has 108 valence electrons. The molecule has 0 bridgehead atoms. The van der Waals surface area contributed by atoms with E-state index in [1.54, 1.807) is 37.4 Å². The largest absolute Gasteiger partial charge is 0.450 e. The van der Waals surface area contributed by atoms with Crippen molar-refractivity contribution in [1.29, 1.82) is 5.26 Å². The lowest BCUT2D eigenvalue weighted by Crippen LogP contribution is -2.13. The van der Waals surface area contributed by atoms with E-state index < -0.39 is 6.09 Å². The van der Waals surface area contributed by atoms with E-state index in [1.807, 2.05) is 6.07 Å². The Hall–Kier alpha value is -3.31. The summed E-state index contributed by atoms with van der Waals surface area (Å²) in [5.74, 6) is 5.90. The summed E-state index contributed by atoms with van der Waals surface area (Å²) < 4.78 is 4.80. The predicted octanol–water partition coefficient (Wildman–Crippen LogP) is 2.92. The maximum absolute atomic E-state index is 11.3. The van der Waals surface area contributed by atoms with E-state index in [0.29, 0.717) is 23.4 Å². The Balaban J connectivity index is 2.15. The van der Waals surface area contributed by atoms with Crippen LogP contribution in [0.25, 0.3) is 0 Å². The van der Waals surface area contributed by atoms with Gasteiger partial charge in [-0.25, -0.2) is 4.79 Å². The zero-order chi connectivity index (χ0) is 15.8. The Bertz CT molecular complexity index is 782. The number of hydrogen-bond donors (Lipinski definition) is 1. The van der Waals surface area contributed by atoms with Crippen molar-refractivity contribution in [1.82, 2.24) is 4.98 Å². The van der Waals surface area contributed by atoms with Crippen LogP contribution in [0.2, 0.25) is 0 Å². The molecule has 0 aliphatic rings. The molecule has 1 amide bonds. The van der Waals surface area contributed by atoms with Gasteiger partial charge in [0.2, 0.25) is 0 Å². The third kappa shape index (κ3) is 4.36. The summed E-state index contributed by atoms with van der Waals surface area (Å²) in [5.41, 5.74) is 2.46. The number of hydrogen-bond acceptors (Lipinski definition) is 4. The van der Waals surface area contributed by atoms with Crippen LogP contribution in [0.1, 0.15) is 23.6 Å². The number of carbonyl (C=O) groups is 1. The number of pyridine rings is 1. The standard InChI is InChI=1S/C17H13N3O2/c1-2-22-17(21)20-16-9-15(11-19-12-16)7-6-13-4-3-5-14(8-13)10-18/h3-5,8-9,11-12H,2H2,1H3,(H,20,21). The van der Waals surface area contributed by atoms with Gasteiger partial charge in [-0.2, -0.15) is 5.26 Å². The fraction of sp³-hybridized carbons (Fsp3) is 0.118. The molecule has 0 aliphatic heterocycles. The average molecular weight is 291 g/mol. The van der Waals surface area contributed by atoms with E-state index in [9.17, 15) is 4.79 Å². The number of benzene rings is 1. The highest BCUT2D eigenvalue weighted by Gasteiger charge is 2.02. The molecule has 22 heavy (non-hydrogen) atoms. The number of amides is 1. The van der Waals surface area contributed by atoms with E-state index in [-0.39, 0.29) is 0 Å². The molecule has 0 fully saturated rings. The highest BCUT2D eigenvalue weighted by Crippen LogP contribution is 2.08. The fourth-order valence-electron chi connectivity index (χ4n) is 1.67. The van der Waals surface area contributed by atoms with Gasteiger partial charge in [0.25, 0.3) is 0 Å². The second kappa shape index (κ2) is 7.47. The summed E-state index contributed by atoms with van der Waals surface area (Å²) >= 11 is 0. The number of nitriles is 1. The quantitative estimate of drug-likeness (QED) is 0.863. The van der Waals surface area contributed by atoms with Gasteiger partial charge in [-0.15, -0.1) is 0 Å². The van der Waals surface area contributed by atoms with E-state index >= 15 is 0 Å². The van der Waals surface area contributed by atoms with E-state index in [0.717, 1.165) is 5.56 Å². The Morgan fingerprint density at radius 2 is 2.00 bits per heavy atom. The number of rotatable bonds is 2. The molecule has 5 nitrogen and oxygen atoms in total. The van der Waals surface area contributed by atoms with Gasteiger partial charge in [-0.3, -0.25) is 10.3 Å². The Labute approximate surface area is 128 Å². The molecule has 1 N–H and O–H groups in total. The van der Waals surface area contributed by atoms with Gasteiger partial charge < -0.3 is 4.74 Å². The predicted molar refractivity (Wildman–Crippen MR) is 82.0 cm³/mol. The van der Waals surface area contributed by atoms with Gasteiger partial charge in [0.05, 0.1) is 30.1 Å². The summed E-state index contributed by atoms with van der Waals surface area (Å²) in [7, 11) is 0. The van der Waals surface area contributed by atoms with Crippen LogP contribution < -0.4 is 5.32 Å². The number of ether oxygens (including phenoxy) is 1. The first-order chi connectivity index (χ1) is 10.7. The molecule has 0 saturated carbocycles. The van der Waals surface area contributed by atoms with Crippen LogP contribution in [0, 0.1) is 23.2 Å². The maximum Gasteiger partial charge on any atom is 0.411 e. The van der Waals surface area contributed by atoms with Crippen LogP contribution in [-0.4, -0.2) is 17.7 Å². The second-order valence-electron chi connectivity index (χ2n) is 4.25. The van der Waals surface area contributed by atoms with Crippen molar-refractivity contribution < 1.29 is 9.53 Å². The Morgan fingerprint density at radius 1 is 1.23 bits per heavy atom. The number of nitrogens with one attached hydrogen (secondary N) is 1. The lowest BCUT2D eigenvalue weighted by Gasteiger charge is -2.04. The molecule has 0 radical (unpaired) electrons. The van der Waals surface area contributed by atoms with E-state index in [2.05, 4.69) is 28.2 Å². The minimum atomic E-state index is -0.531. The normalized spacial score (nSPS) is 9.09. The third-order valence-electron chi connectivity index (χ3n) is 2.60. The zero-order valence-electron chi connectivity index (χ0n) is 12.0. The molecule has 0 saturated heterocycles. The monoisotopic (exact) mass is 291 g/mol. The summed E-state index contributed by atoms with van der Waals surface area (Å²) in [5, 5.41) is 11.4. The summed E-state index contributed by atoms with van der Waals surface area (Å²) in [6.07, 6.45) is 2.58. The summed E-state index contributed by atoms with van der Waals surface area (Å²) in [4.78, 5) is 15.4. The van der Waals surface area contributed by atoms with E-state index in [4.69, 9.17) is 10.00 Å². The van der Waals surface area contributed by atoms with Crippen LogP contribution in [0.3, 0.4) is 0 Å². The highest BCUT2D eigenvalue weighted by atomic mass is 16.5. The average Bonchev–Trinajstić information content (AvgIpc) is 2.54. The minimum absolute atomic E-state index is 0.300. The molecule has 1 aromatic heterocycles. The molecule has 2 rings (SSSR count). The van der Waals surface area contributed by atoms with Crippen LogP contribution in [-0.2, 0) is 4.74 Å². The first kappa shape index (κ1) is 15.1. The molecule has 0 spiro atoms. The van der Waals surface area contributed by atoms with Gasteiger partial charge in [-0.1, -0.05) is 17.9 Å². The van der Waals surface area contributed by atoms with Crippen molar-refractivity contribution in [2.24, 2.45) is 0 Å². The first-order valence-electron chi connectivity index (χ1n) is 6.62. The summed E-state index contributed by atoms with van der Waals surface area (Å²) in [6, 6.07) is 10.8. The topological polar surface area (TPSA) is 75.0 Å². The van der Waals surface area contributed by atoms with Crippen molar-refractivity contribution in [2.45, 2.75) is 6.92 Å². The van der Waals surface area contributed by atoms with Gasteiger partial charge in [-0.05, 0) is 31.2 Å². The first-order valence-corrected chi connectivity index (χ1v) is 6.62. The summed E-state index contributed by atoms with van der Waals surface area (Å²) in [6.45, 7) is 2.03. The molecule has 1 heterocycles. The third-order valence-corrected chi connectivity index (χ3v) is 2.60.